The summed E-state index contributed by atoms with van der Waals surface area (Å²) < 4.78 is 5.81. The van der Waals surface area contributed by atoms with Crippen LogP contribution in [0.1, 0.15) is 11.1 Å². The van der Waals surface area contributed by atoms with Gasteiger partial charge in [0.15, 0.2) is 0 Å². The molecule has 0 aromatic heterocycles. The fourth-order valence-corrected chi connectivity index (χ4v) is 2.59. The molecule has 0 bridgehead atoms. The molecular formula is C16H12ClNO3. The normalized spacial score (nSPS) is 13.1. The summed E-state index contributed by atoms with van der Waals surface area (Å²) in [5.74, 6) is 1.48. The van der Waals surface area contributed by atoms with E-state index >= 15 is 0 Å². The second-order valence-corrected chi connectivity index (χ2v) is 5.16. The number of nitrogens with zero attached hydrogens (tertiary/aromatic N) is 1. The van der Waals surface area contributed by atoms with Crippen LogP contribution in [-0.2, 0) is 12.8 Å². The van der Waals surface area contributed by atoms with E-state index in [9.17, 15) is 10.1 Å². The van der Waals surface area contributed by atoms with Gasteiger partial charge < -0.3 is 4.74 Å². The minimum absolute atomic E-state index is 0.0193. The van der Waals surface area contributed by atoms with E-state index in [4.69, 9.17) is 16.3 Å². The molecule has 0 spiro atoms. The van der Waals surface area contributed by atoms with E-state index in [-0.39, 0.29) is 5.69 Å². The van der Waals surface area contributed by atoms with E-state index in [0.29, 0.717) is 22.8 Å². The lowest BCUT2D eigenvalue weighted by Gasteiger charge is -2.18. The summed E-state index contributed by atoms with van der Waals surface area (Å²) in [5.41, 5.74) is 1.61. The number of benzene rings is 2. The predicted molar refractivity (Wildman–Crippen MR) is 80.7 cm³/mol. The summed E-state index contributed by atoms with van der Waals surface area (Å²) in [7, 11) is 0. The molecule has 0 unspecified atom stereocenters. The topological polar surface area (TPSA) is 52.4 Å². The van der Waals surface area contributed by atoms with E-state index in [1.165, 1.54) is 6.07 Å². The molecule has 2 aromatic carbocycles. The van der Waals surface area contributed by atoms with Gasteiger partial charge in [0.1, 0.15) is 11.5 Å². The second kappa shape index (κ2) is 5.58. The first-order valence-corrected chi connectivity index (χ1v) is 6.89. The number of hydrogen-bond donors (Lipinski definition) is 0. The van der Waals surface area contributed by atoms with E-state index < -0.39 is 4.92 Å². The SMILES string of the molecule is O=[N+]([O-])c1cccc(Cl)c1CC1=CCc2ccccc2O1. The lowest BCUT2D eigenvalue weighted by atomic mass is 10.0. The van der Waals surface area contributed by atoms with Gasteiger partial charge in [0.2, 0.25) is 0 Å². The Balaban J connectivity index is 1.89. The minimum Gasteiger partial charge on any atom is -0.461 e. The highest BCUT2D eigenvalue weighted by Crippen LogP contribution is 2.32. The molecule has 1 heterocycles. The summed E-state index contributed by atoms with van der Waals surface area (Å²) in [6.07, 6.45) is 3.00. The van der Waals surface area contributed by atoms with Crippen molar-refractivity contribution in [1.82, 2.24) is 0 Å². The van der Waals surface area contributed by atoms with Crippen molar-refractivity contribution in [2.75, 3.05) is 0 Å². The third-order valence-corrected chi connectivity index (χ3v) is 3.76. The Labute approximate surface area is 126 Å². The molecule has 1 aliphatic heterocycles. The van der Waals surface area contributed by atoms with Gasteiger partial charge in [-0.15, -0.1) is 0 Å². The first kappa shape index (κ1) is 13.6. The molecule has 0 saturated carbocycles. The van der Waals surface area contributed by atoms with E-state index in [1.54, 1.807) is 12.1 Å². The average Bonchev–Trinajstić information content (AvgIpc) is 2.49. The van der Waals surface area contributed by atoms with Crippen molar-refractivity contribution < 1.29 is 9.66 Å². The van der Waals surface area contributed by atoms with Crippen LogP contribution in [0.3, 0.4) is 0 Å². The Bertz CT molecular complexity index is 740. The van der Waals surface area contributed by atoms with Crippen molar-refractivity contribution in [3.05, 3.63) is 80.6 Å². The van der Waals surface area contributed by atoms with Crippen LogP contribution in [0, 0.1) is 10.1 Å². The zero-order valence-corrected chi connectivity index (χ0v) is 11.8. The molecule has 0 amide bonds. The van der Waals surface area contributed by atoms with Gasteiger partial charge in [-0.05, 0) is 30.2 Å². The number of nitro benzene ring substituents is 1. The van der Waals surface area contributed by atoms with Crippen molar-refractivity contribution in [1.29, 1.82) is 0 Å². The Morgan fingerprint density at radius 3 is 2.81 bits per heavy atom. The number of rotatable bonds is 3. The third kappa shape index (κ3) is 2.76. The first-order valence-electron chi connectivity index (χ1n) is 6.51. The fraction of sp³-hybridized carbons (Fsp3) is 0.125. The van der Waals surface area contributed by atoms with Crippen LogP contribution in [0.15, 0.2) is 54.3 Å². The van der Waals surface area contributed by atoms with Crippen LogP contribution in [0.2, 0.25) is 5.02 Å². The molecular weight excluding hydrogens is 290 g/mol. The Morgan fingerprint density at radius 2 is 2.00 bits per heavy atom. The van der Waals surface area contributed by atoms with E-state index in [0.717, 1.165) is 17.7 Å². The van der Waals surface area contributed by atoms with Crippen LogP contribution >= 0.6 is 11.6 Å². The van der Waals surface area contributed by atoms with Crippen molar-refractivity contribution in [3.63, 3.8) is 0 Å². The minimum atomic E-state index is -0.418. The number of para-hydroxylation sites is 1. The van der Waals surface area contributed by atoms with Crippen LogP contribution < -0.4 is 4.74 Å². The van der Waals surface area contributed by atoms with Gasteiger partial charge in [0, 0.05) is 12.5 Å². The molecule has 2 aromatic rings. The molecule has 106 valence electrons. The monoisotopic (exact) mass is 301 g/mol. The van der Waals surface area contributed by atoms with Crippen molar-refractivity contribution in [3.8, 4) is 5.75 Å². The number of allylic oxidation sites excluding steroid dienone is 2. The number of fused-ring (bicyclic) bond motifs is 1. The van der Waals surface area contributed by atoms with E-state index in [2.05, 4.69) is 0 Å². The lowest BCUT2D eigenvalue weighted by molar-refractivity contribution is -0.385. The van der Waals surface area contributed by atoms with Crippen molar-refractivity contribution in [2.45, 2.75) is 12.8 Å². The molecule has 0 aliphatic carbocycles. The summed E-state index contributed by atoms with van der Waals surface area (Å²) in [5, 5.41) is 11.5. The summed E-state index contributed by atoms with van der Waals surface area (Å²) in [4.78, 5) is 10.7. The molecule has 0 fully saturated rings. The van der Waals surface area contributed by atoms with Gasteiger partial charge in [0.05, 0.1) is 15.5 Å². The molecule has 1 aliphatic rings. The Hall–Kier alpha value is -2.33. The van der Waals surface area contributed by atoms with Crippen molar-refractivity contribution >= 4 is 17.3 Å². The van der Waals surface area contributed by atoms with Gasteiger partial charge in [-0.2, -0.15) is 0 Å². The lowest BCUT2D eigenvalue weighted by Crippen LogP contribution is -2.08. The van der Waals surface area contributed by atoms with Crippen LogP contribution in [0.25, 0.3) is 0 Å². The number of nitro groups is 1. The standard InChI is InChI=1S/C16H12ClNO3/c17-14-5-3-6-15(18(19)20)13(14)10-12-9-8-11-4-1-2-7-16(11)21-12/h1-7,9H,8,10H2. The Kier molecular flexibility index (Phi) is 3.62. The maximum atomic E-state index is 11.1. The molecule has 0 N–H and O–H groups in total. The molecule has 0 radical (unpaired) electrons. The zero-order valence-electron chi connectivity index (χ0n) is 11.1. The maximum absolute atomic E-state index is 11.1. The average molecular weight is 302 g/mol. The Morgan fingerprint density at radius 1 is 1.19 bits per heavy atom. The molecule has 0 saturated heterocycles. The van der Waals surface area contributed by atoms with Gasteiger partial charge in [0.25, 0.3) is 5.69 Å². The molecule has 0 atom stereocenters. The van der Waals surface area contributed by atoms with Gasteiger partial charge >= 0.3 is 0 Å². The van der Waals surface area contributed by atoms with E-state index in [1.807, 2.05) is 30.3 Å². The van der Waals surface area contributed by atoms with Gasteiger partial charge in [-0.1, -0.05) is 35.9 Å². The third-order valence-electron chi connectivity index (χ3n) is 3.41. The fourth-order valence-electron chi connectivity index (χ4n) is 2.35. The second-order valence-electron chi connectivity index (χ2n) is 4.76. The number of hydrogen-bond acceptors (Lipinski definition) is 3. The highest BCUT2D eigenvalue weighted by Gasteiger charge is 2.20. The molecule has 4 nitrogen and oxygen atoms in total. The highest BCUT2D eigenvalue weighted by atomic mass is 35.5. The summed E-state index contributed by atoms with van der Waals surface area (Å²) in [6.45, 7) is 0. The molecule has 21 heavy (non-hydrogen) atoms. The maximum Gasteiger partial charge on any atom is 0.274 e. The van der Waals surface area contributed by atoms with Crippen molar-refractivity contribution in [2.24, 2.45) is 0 Å². The van der Waals surface area contributed by atoms with Crippen LogP contribution in [0.5, 0.6) is 5.75 Å². The quantitative estimate of drug-likeness (QED) is 0.627. The molecule has 5 heteroatoms. The van der Waals surface area contributed by atoms with Gasteiger partial charge in [-0.3, -0.25) is 10.1 Å². The van der Waals surface area contributed by atoms with Crippen LogP contribution in [0.4, 0.5) is 5.69 Å². The summed E-state index contributed by atoms with van der Waals surface area (Å²) >= 11 is 6.11. The zero-order chi connectivity index (χ0) is 14.8. The largest absolute Gasteiger partial charge is 0.461 e. The summed E-state index contributed by atoms with van der Waals surface area (Å²) in [6, 6.07) is 12.4. The number of halogens is 1. The number of ether oxygens (including phenoxy) is 1. The highest BCUT2D eigenvalue weighted by molar-refractivity contribution is 6.31. The van der Waals surface area contributed by atoms with Crippen LogP contribution in [-0.4, -0.2) is 4.92 Å². The van der Waals surface area contributed by atoms with Gasteiger partial charge in [-0.25, -0.2) is 0 Å². The smallest absolute Gasteiger partial charge is 0.274 e. The molecule has 3 rings (SSSR count). The first-order chi connectivity index (χ1) is 10.1. The predicted octanol–water partition coefficient (Wildman–Crippen LogP) is 4.31.